The summed E-state index contributed by atoms with van der Waals surface area (Å²) in [5.41, 5.74) is 7.19. The number of alkyl halides is 3. The Hall–Kier alpha value is -2.70. The smallest absolute Gasteiger partial charge is 0.393 e. The highest BCUT2D eigenvalue weighted by Crippen LogP contribution is 2.38. The molecule has 206 valence electrons. The van der Waals surface area contributed by atoms with Crippen molar-refractivity contribution in [3.05, 3.63) is 46.8 Å². The van der Waals surface area contributed by atoms with Crippen molar-refractivity contribution in [3.8, 4) is 17.6 Å². The molecule has 0 spiro atoms. The minimum Gasteiger partial charge on any atom is -0.491 e. The van der Waals surface area contributed by atoms with Gasteiger partial charge in [-0.15, -0.1) is 11.3 Å². The summed E-state index contributed by atoms with van der Waals surface area (Å²) in [4.78, 5) is 0.339. The van der Waals surface area contributed by atoms with Crippen molar-refractivity contribution in [2.75, 3.05) is 64.0 Å². The maximum atomic E-state index is 13.3. The molecule has 3 aromatic rings. The molecule has 6 nitrogen and oxygen atoms in total. The molecule has 0 saturated carbocycles. The summed E-state index contributed by atoms with van der Waals surface area (Å²) in [5.74, 6) is 6.32. The van der Waals surface area contributed by atoms with E-state index < -0.39 is 19.7 Å². The number of nitrogens with two attached hydrogens (primary N) is 1. The number of nitrogens with one attached hydrogen (secondary N) is 1. The Kier molecular flexibility index (Phi) is 10.5. The molecule has 0 amide bonds. The zero-order valence-corrected chi connectivity index (χ0v) is 23.3. The second-order valence-electron chi connectivity index (χ2n) is 8.81. The van der Waals surface area contributed by atoms with E-state index in [2.05, 4.69) is 17.2 Å². The standard InChI is InChI=1S/C27H32F3N2O4PS/c1-4-34-11-12-35-13-14-36-20-15-19(16-21(17-20)37(2,3)33)32-10-6-9-25-23(18-27(28,29)30)22-7-5-8-24(31)26(22)38-25/h5,7-8,15-17,32H,4,10-14,18,31H2,1-3H3. The molecule has 1 heterocycles. The molecule has 3 N–H and O–H groups in total. The lowest BCUT2D eigenvalue weighted by Gasteiger charge is -2.14. The number of nitrogen functional groups attached to an aromatic ring is 1. The largest absolute Gasteiger partial charge is 0.491 e. The summed E-state index contributed by atoms with van der Waals surface area (Å²) in [6, 6.07) is 10.2. The summed E-state index contributed by atoms with van der Waals surface area (Å²) >= 11 is 1.16. The van der Waals surface area contributed by atoms with Crippen LogP contribution in [0, 0.1) is 11.8 Å². The van der Waals surface area contributed by atoms with Crippen LogP contribution in [0.25, 0.3) is 10.1 Å². The maximum absolute atomic E-state index is 13.3. The Morgan fingerprint density at radius 3 is 2.53 bits per heavy atom. The normalized spacial score (nSPS) is 11.8. The molecule has 3 rings (SSSR count). The first kappa shape index (κ1) is 29.9. The minimum absolute atomic E-state index is 0.136. The van der Waals surface area contributed by atoms with Crippen LogP contribution in [0.4, 0.5) is 24.5 Å². The van der Waals surface area contributed by atoms with E-state index in [1.54, 1.807) is 49.7 Å². The predicted octanol–water partition coefficient (Wildman–Crippen LogP) is 5.73. The summed E-state index contributed by atoms with van der Waals surface area (Å²) < 4.78 is 69.6. The molecule has 0 aliphatic heterocycles. The van der Waals surface area contributed by atoms with Crippen molar-refractivity contribution in [2.24, 2.45) is 0 Å². The van der Waals surface area contributed by atoms with Crippen LogP contribution in [-0.2, 0) is 20.5 Å². The molecule has 1 aromatic heterocycles. The van der Waals surface area contributed by atoms with Crippen molar-refractivity contribution in [3.63, 3.8) is 0 Å². The number of ether oxygens (including phenoxy) is 3. The second-order valence-corrected chi connectivity index (χ2v) is 13.0. The molecule has 0 atom stereocenters. The predicted molar refractivity (Wildman–Crippen MR) is 150 cm³/mol. The second kappa shape index (κ2) is 13.4. The lowest BCUT2D eigenvalue weighted by molar-refractivity contribution is -0.126. The van der Waals surface area contributed by atoms with Gasteiger partial charge < -0.3 is 29.8 Å². The van der Waals surface area contributed by atoms with E-state index in [1.807, 2.05) is 6.92 Å². The third-order valence-corrected chi connectivity index (χ3v) is 8.11. The molecule has 0 bridgehead atoms. The third kappa shape index (κ3) is 8.95. The highest BCUT2D eigenvalue weighted by Gasteiger charge is 2.31. The first-order chi connectivity index (χ1) is 18.0. The van der Waals surface area contributed by atoms with Gasteiger partial charge in [0.25, 0.3) is 0 Å². The van der Waals surface area contributed by atoms with Crippen molar-refractivity contribution in [2.45, 2.75) is 19.5 Å². The third-order valence-electron chi connectivity index (χ3n) is 5.39. The first-order valence-electron chi connectivity index (χ1n) is 12.1. The van der Waals surface area contributed by atoms with Crippen LogP contribution >= 0.6 is 18.5 Å². The van der Waals surface area contributed by atoms with Gasteiger partial charge in [-0.05, 0) is 49.4 Å². The SMILES string of the molecule is CCOCCOCCOc1cc(NCC#Cc2sc3c(N)cccc3c2CC(F)(F)F)cc(P(C)(C)=O)c1. The molecule has 0 saturated heterocycles. The van der Waals surface area contributed by atoms with Crippen LogP contribution in [0.3, 0.4) is 0 Å². The van der Waals surface area contributed by atoms with Crippen LogP contribution in [0.2, 0.25) is 0 Å². The molecule has 0 aliphatic rings. The Bertz CT molecular complexity index is 1340. The van der Waals surface area contributed by atoms with Gasteiger partial charge in [0, 0.05) is 29.4 Å². The molecule has 2 aromatic carbocycles. The first-order valence-corrected chi connectivity index (χ1v) is 15.5. The Morgan fingerprint density at radius 1 is 1.08 bits per heavy atom. The van der Waals surface area contributed by atoms with Crippen LogP contribution in [-0.4, -0.2) is 59.1 Å². The number of halogens is 3. The van der Waals surface area contributed by atoms with Crippen molar-refractivity contribution >= 4 is 45.2 Å². The molecule has 38 heavy (non-hydrogen) atoms. The molecule has 0 unspecified atom stereocenters. The summed E-state index contributed by atoms with van der Waals surface area (Å²) in [5, 5.41) is 4.25. The zero-order valence-electron chi connectivity index (χ0n) is 21.6. The van der Waals surface area contributed by atoms with E-state index in [0.717, 1.165) is 11.3 Å². The average Bonchev–Trinajstić information content (AvgIpc) is 3.18. The van der Waals surface area contributed by atoms with Gasteiger partial charge in [0.05, 0.1) is 42.4 Å². The average molecular weight is 569 g/mol. The summed E-state index contributed by atoms with van der Waals surface area (Å²) in [7, 11) is -2.59. The Balaban J connectivity index is 1.72. The van der Waals surface area contributed by atoms with E-state index in [4.69, 9.17) is 19.9 Å². The van der Waals surface area contributed by atoms with Gasteiger partial charge in [-0.1, -0.05) is 24.0 Å². The van der Waals surface area contributed by atoms with E-state index in [0.29, 0.717) is 70.4 Å². The van der Waals surface area contributed by atoms with Gasteiger partial charge in [0.1, 0.15) is 19.5 Å². The zero-order chi connectivity index (χ0) is 27.8. The monoisotopic (exact) mass is 568 g/mol. The van der Waals surface area contributed by atoms with Gasteiger partial charge in [-0.2, -0.15) is 13.2 Å². The van der Waals surface area contributed by atoms with E-state index in [1.165, 1.54) is 0 Å². The number of hydrogen-bond acceptors (Lipinski definition) is 7. The van der Waals surface area contributed by atoms with Gasteiger partial charge in [0.15, 0.2) is 0 Å². The maximum Gasteiger partial charge on any atom is 0.393 e. The van der Waals surface area contributed by atoms with Crippen LogP contribution in [0.5, 0.6) is 5.75 Å². The number of thiophene rings is 1. The topological polar surface area (TPSA) is 82.8 Å². The number of fused-ring (bicyclic) bond motifs is 1. The molecular formula is C27H32F3N2O4PS. The number of rotatable bonds is 12. The number of benzene rings is 2. The van der Waals surface area contributed by atoms with Crippen LogP contribution < -0.4 is 21.1 Å². The van der Waals surface area contributed by atoms with Gasteiger partial charge in [0.2, 0.25) is 0 Å². The van der Waals surface area contributed by atoms with Gasteiger partial charge in [-0.3, -0.25) is 0 Å². The summed E-state index contributed by atoms with van der Waals surface area (Å²) in [6.45, 7) is 7.72. The highest BCUT2D eigenvalue weighted by molar-refractivity contribution is 7.70. The van der Waals surface area contributed by atoms with Crippen LogP contribution in [0.1, 0.15) is 17.4 Å². The molecule has 0 radical (unpaired) electrons. The summed E-state index contributed by atoms with van der Waals surface area (Å²) in [6.07, 6.45) is -5.44. The lowest BCUT2D eigenvalue weighted by Crippen LogP contribution is -2.13. The van der Waals surface area contributed by atoms with Crippen molar-refractivity contribution in [1.82, 2.24) is 0 Å². The van der Waals surface area contributed by atoms with Crippen LogP contribution in [0.15, 0.2) is 36.4 Å². The quantitative estimate of drug-likeness (QED) is 0.126. The van der Waals surface area contributed by atoms with Gasteiger partial charge in [-0.25, -0.2) is 0 Å². The minimum atomic E-state index is -4.37. The molecular weight excluding hydrogens is 536 g/mol. The number of hydrogen-bond donors (Lipinski definition) is 2. The fourth-order valence-electron chi connectivity index (χ4n) is 3.60. The lowest BCUT2D eigenvalue weighted by atomic mass is 10.1. The van der Waals surface area contributed by atoms with E-state index in [9.17, 15) is 17.7 Å². The highest BCUT2D eigenvalue weighted by atomic mass is 32.1. The Morgan fingerprint density at radius 2 is 1.82 bits per heavy atom. The van der Waals surface area contributed by atoms with E-state index >= 15 is 0 Å². The van der Waals surface area contributed by atoms with E-state index in [-0.39, 0.29) is 12.1 Å². The fraction of sp³-hybridized carbons (Fsp3) is 0.407. The van der Waals surface area contributed by atoms with Gasteiger partial charge >= 0.3 is 6.18 Å². The molecule has 11 heteroatoms. The molecule has 0 aliphatic carbocycles. The van der Waals surface area contributed by atoms with Crippen molar-refractivity contribution in [1.29, 1.82) is 0 Å². The van der Waals surface area contributed by atoms with Crippen molar-refractivity contribution < 1.29 is 31.9 Å². The fourth-order valence-corrected chi connectivity index (χ4v) is 5.61. The molecule has 0 fully saturated rings. The Labute approximate surface area is 225 Å². The number of anilines is 2.